The zero-order valence-corrected chi connectivity index (χ0v) is 15.1. The van der Waals surface area contributed by atoms with Crippen LogP contribution in [0.4, 0.5) is 0 Å². The van der Waals surface area contributed by atoms with Crippen LogP contribution in [0.25, 0.3) is 0 Å². The minimum absolute atomic E-state index is 0.0368. The molecule has 0 aliphatic carbocycles. The highest BCUT2D eigenvalue weighted by Crippen LogP contribution is 2.09. The second-order valence-electron chi connectivity index (χ2n) is 5.94. The van der Waals surface area contributed by atoms with E-state index in [9.17, 15) is 14.4 Å². The van der Waals surface area contributed by atoms with Gasteiger partial charge in [0.1, 0.15) is 0 Å². The number of carbonyl (C=O) groups excluding carboxylic acids is 3. The molecule has 2 rings (SSSR count). The topological polar surface area (TPSA) is 72.5 Å². The zero-order chi connectivity index (χ0) is 18.9. The van der Waals surface area contributed by atoms with Gasteiger partial charge in [-0.25, -0.2) is 4.79 Å². The number of hydrogen-bond acceptors (Lipinski definition) is 4. The number of Topliss-reactive ketones (excluding diaryl/α,β-unsaturated/α-hetero) is 1. The lowest BCUT2D eigenvalue weighted by Gasteiger charge is -2.06. The summed E-state index contributed by atoms with van der Waals surface area (Å²) in [5, 5.41) is 2.78. The molecule has 0 radical (unpaired) electrons. The fourth-order valence-corrected chi connectivity index (χ4v) is 2.46. The smallest absolute Gasteiger partial charge is 0.337 e. The third-order valence-corrected chi connectivity index (χ3v) is 4.13. The monoisotopic (exact) mass is 353 g/mol. The molecular weight excluding hydrogens is 330 g/mol. The van der Waals surface area contributed by atoms with Crippen molar-refractivity contribution in [3.63, 3.8) is 0 Å². The normalized spacial score (nSPS) is 10.2. The Morgan fingerprint density at radius 3 is 2.00 bits per heavy atom. The molecule has 0 saturated carbocycles. The quantitative estimate of drug-likeness (QED) is 0.584. The molecule has 0 atom stereocenters. The largest absolute Gasteiger partial charge is 0.465 e. The van der Waals surface area contributed by atoms with E-state index < -0.39 is 5.97 Å². The number of carbonyl (C=O) groups is 3. The van der Waals surface area contributed by atoms with Crippen LogP contribution in [0.5, 0.6) is 0 Å². The van der Waals surface area contributed by atoms with Crippen LogP contribution in [-0.2, 0) is 22.5 Å². The maximum Gasteiger partial charge on any atom is 0.337 e. The number of amides is 1. The number of ketones is 1. The van der Waals surface area contributed by atoms with Crippen LogP contribution in [0.1, 0.15) is 51.6 Å². The molecular formula is C21H23NO4. The number of hydrogen-bond donors (Lipinski definition) is 1. The number of aryl methyl sites for hydroxylation is 1. The van der Waals surface area contributed by atoms with Crippen molar-refractivity contribution in [3.8, 4) is 0 Å². The number of rotatable bonds is 8. The van der Waals surface area contributed by atoms with Crippen LogP contribution in [-0.4, -0.2) is 24.8 Å². The summed E-state index contributed by atoms with van der Waals surface area (Å²) in [5.41, 5.74) is 3.14. The van der Waals surface area contributed by atoms with Crippen LogP contribution in [0.2, 0.25) is 0 Å². The lowest BCUT2D eigenvalue weighted by molar-refractivity contribution is -0.121. The molecule has 0 fully saturated rings. The van der Waals surface area contributed by atoms with E-state index in [-0.39, 0.29) is 24.5 Å². The van der Waals surface area contributed by atoms with Crippen molar-refractivity contribution >= 4 is 17.7 Å². The molecule has 0 aromatic heterocycles. The van der Waals surface area contributed by atoms with Crippen LogP contribution < -0.4 is 5.32 Å². The summed E-state index contributed by atoms with van der Waals surface area (Å²) >= 11 is 0. The van der Waals surface area contributed by atoms with Gasteiger partial charge in [0.2, 0.25) is 5.91 Å². The molecule has 136 valence electrons. The average Bonchev–Trinajstić information content (AvgIpc) is 2.70. The van der Waals surface area contributed by atoms with Crippen molar-refractivity contribution in [3.05, 3.63) is 70.8 Å². The Morgan fingerprint density at radius 1 is 0.846 bits per heavy atom. The van der Waals surface area contributed by atoms with Gasteiger partial charge in [-0.3, -0.25) is 9.59 Å². The summed E-state index contributed by atoms with van der Waals surface area (Å²) in [6.45, 7) is 2.41. The predicted octanol–water partition coefficient (Wildman–Crippen LogP) is 3.31. The van der Waals surface area contributed by atoms with Gasteiger partial charge in [-0.05, 0) is 29.7 Å². The highest BCUT2D eigenvalue weighted by atomic mass is 16.5. The average molecular weight is 353 g/mol. The van der Waals surface area contributed by atoms with Gasteiger partial charge < -0.3 is 10.1 Å². The highest BCUT2D eigenvalue weighted by Gasteiger charge is 2.10. The van der Waals surface area contributed by atoms with E-state index in [0.29, 0.717) is 17.7 Å². The van der Waals surface area contributed by atoms with E-state index in [1.165, 1.54) is 12.7 Å². The molecule has 0 heterocycles. The van der Waals surface area contributed by atoms with Crippen molar-refractivity contribution in [2.24, 2.45) is 0 Å². The molecule has 0 aliphatic heterocycles. The van der Waals surface area contributed by atoms with E-state index in [0.717, 1.165) is 12.0 Å². The molecule has 0 aliphatic rings. The van der Waals surface area contributed by atoms with E-state index in [1.807, 2.05) is 24.3 Å². The molecule has 0 unspecified atom stereocenters. The van der Waals surface area contributed by atoms with E-state index in [2.05, 4.69) is 17.0 Å². The van der Waals surface area contributed by atoms with Gasteiger partial charge in [0.25, 0.3) is 0 Å². The number of methoxy groups -OCH3 is 1. The fourth-order valence-electron chi connectivity index (χ4n) is 2.46. The van der Waals surface area contributed by atoms with Crippen molar-refractivity contribution < 1.29 is 19.1 Å². The molecule has 1 N–H and O–H groups in total. The zero-order valence-electron chi connectivity index (χ0n) is 15.1. The lowest BCUT2D eigenvalue weighted by atomic mass is 10.0. The Balaban J connectivity index is 1.77. The Hall–Kier alpha value is -2.95. The first-order chi connectivity index (χ1) is 12.5. The van der Waals surface area contributed by atoms with Crippen LogP contribution in [0.15, 0.2) is 48.5 Å². The van der Waals surface area contributed by atoms with Gasteiger partial charge >= 0.3 is 5.97 Å². The summed E-state index contributed by atoms with van der Waals surface area (Å²) in [5.74, 6) is -0.614. The van der Waals surface area contributed by atoms with E-state index in [4.69, 9.17) is 0 Å². The summed E-state index contributed by atoms with van der Waals surface area (Å²) in [7, 11) is 1.33. The Labute approximate surface area is 153 Å². The van der Waals surface area contributed by atoms with Crippen molar-refractivity contribution in [1.82, 2.24) is 5.32 Å². The maximum absolute atomic E-state index is 12.1. The van der Waals surface area contributed by atoms with Crippen LogP contribution in [0, 0.1) is 0 Å². The molecule has 2 aromatic rings. The first-order valence-corrected chi connectivity index (χ1v) is 8.59. The van der Waals surface area contributed by atoms with Crippen LogP contribution >= 0.6 is 0 Å². The molecule has 1 amide bonds. The molecule has 5 nitrogen and oxygen atoms in total. The molecule has 5 heteroatoms. The molecule has 2 aromatic carbocycles. The third kappa shape index (κ3) is 5.55. The number of ether oxygens (including phenoxy) is 1. The molecule has 0 bridgehead atoms. The predicted molar refractivity (Wildman–Crippen MR) is 99.0 cm³/mol. The van der Waals surface area contributed by atoms with Gasteiger partial charge in [-0.1, -0.05) is 43.3 Å². The summed E-state index contributed by atoms with van der Waals surface area (Å²) in [6, 6.07) is 14.3. The standard InChI is InChI=1S/C21H23NO4/c1-3-15-4-8-17(9-5-15)19(23)12-13-20(24)22-14-16-6-10-18(11-7-16)21(25)26-2/h4-11H,3,12-14H2,1-2H3,(H,22,24). The Morgan fingerprint density at radius 2 is 1.42 bits per heavy atom. The van der Waals surface area contributed by atoms with Gasteiger partial charge in [0, 0.05) is 24.9 Å². The first-order valence-electron chi connectivity index (χ1n) is 8.59. The molecule has 0 saturated heterocycles. The van der Waals surface area contributed by atoms with Crippen LogP contribution in [0.3, 0.4) is 0 Å². The number of nitrogens with one attached hydrogen (secondary N) is 1. The summed E-state index contributed by atoms with van der Waals surface area (Å²) in [4.78, 5) is 35.4. The second kappa shape index (κ2) is 9.51. The first kappa shape index (κ1) is 19.4. The molecule has 26 heavy (non-hydrogen) atoms. The number of esters is 1. The SMILES string of the molecule is CCc1ccc(C(=O)CCC(=O)NCc2ccc(C(=O)OC)cc2)cc1. The minimum atomic E-state index is -0.397. The van der Waals surface area contributed by atoms with Crippen molar-refractivity contribution in [2.75, 3.05) is 7.11 Å². The fraction of sp³-hybridized carbons (Fsp3) is 0.286. The van der Waals surface area contributed by atoms with E-state index in [1.54, 1.807) is 24.3 Å². The number of benzene rings is 2. The third-order valence-electron chi connectivity index (χ3n) is 4.13. The summed E-state index contributed by atoms with van der Waals surface area (Å²) < 4.78 is 4.64. The molecule has 0 spiro atoms. The lowest BCUT2D eigenvalue weighted by Crippen LogP contribution is -2.23. The van der Waals surface area contributed by atoms with Gasteiger partial charge in [-0.15, -0.1) is 0 Å². The Bertz CT molecular complexity index is 764. The van der Waals surface area contributed by atoms with Gasteiger partial charge in [-0.2, -0.15) is 0 Å². The Kier molecular flexibility index (Phi) is 7.09. The van der Waals surface area contributed by atoms with Gasteiger partial charge in [0.05, 0.1) is 12.7 Å². The minimum Gasteiger partial charge on any atom is -0.465 e. The maximum atomic E-state index is 12.1. The van der Waals surface area contributed by atoms with Crippen molar-refractivity contribution in [1.29, 1.82) is 0 Å². The van der Waals surface area contributed by atoms with Crippen molar-refractivity contribution in [2.45, 2.75) is 32.7 Å². The second-order valence-corrected chi connectivity index (χ2v) is 5.94. The van der Waals surface area contributed by atoms with E-state index >= 15 is 0 Å². The summed E-state index contributed by atoms with van der Waals surface area (Å²) in [6.07, 6.45) is 1.25. The van der Waals surface area contributed by atoms with Gasteiger partial charge in [0.15, 0.2) is 5.78 Å². The highest BCUT2D eigenvalue weighted by molar-refractivity contribution is 5.98.